The van der Waals surface area contributed by atoms with E-state index in [0.717, 1.165) is 0 Å². The van der Waals surface area contributed by atoms with Gasteiger partial charge in [-0.05, 0) is 11.8 Å². The second-order valence-corrected chi connectivity index (χ2v) is 4.01. The van der Waals surface area contributed by atoms with Gasteiger partial charge in [0.2, 0.25) is 0 Å². The third kappa shape index (κ3) is 4.47. The van der Waals surface area contributed by atoms with Crippen LogP contribution in [0, 0.1) is 17.8 Å². The summed E-state index contributed by atoms with van der Waals surface area (Å²) in [5, 5.41) is 0. The number of methoxy groups -OCH3 is 2. The Labute approximate surface area is 96.6 Å². The van der Waals surface area contributed by atoms with Gasteiger partial charge in [0.05, 0.1) is 14.2 Å². The first-order valence-corrected chi connectivity index (χ1v) is 5.28. The fourth-order valence-corrected chi connectivity index (χ4v) is 1.29. The van der Waals surface area contributed by atoms with E-state index in [2.05, 4.69) is 9.47 Å². The topological polar surface area (TPSA) is 52.6 Å². The Hall–Kier alpha value is -1.32. The molecule has 0 aromatic heterocycles. The molecule has 0 rings (SSSR count). The maximum Gasteiger partial charge on any atom is 0.320 e. The van der Waals surface area contributed by atoms with Crippen LogP contribution in [0.15, 0.2) is 12.2 Å². The van der Waals surface area contributed by atoms with Crippen LogP contribution in [0.25, 0.3) is 0 Å². The fraction of sp³-hybridized carbons (Fsp3) is 0.667. The van der Waals surface area contributed by atoms with Crippen molar-refractivity contribution >= 4 is 11.9 Å². The quantitative estimate of drug-likeness (QED) is 0.409. The summed E-state index contributed by atoms with van der Waals surface area (Å²) < 4.78 is 9.18. The molecule has 1 unspecified atom stereocenters. The average Bonchev–Trinajstić information content (AvgIpc) is 2.25. The number of carbonyl (C=O) groups excluding carboxylic acids is 2. The predicted octanol–water partition coefficient (Wildman–Crippen LogP) is 1.80. The van der Waals surface area contributed by atoms with E-state index in [0.29, 0.717) is 5.92 Å². The molecule has 92 valence electrons. The lowest BCUT2D eigenvalue weighted by molar-refractivity contribution is -0.160. The minimum Gasteiger partial charge on any atom is -0.468 e. The molecule has 0 amide bonds. The zero-order valence-electron chi connectivity index (χ0n) is 10.5. The van der Waals surface area contributed by atoms with Gasteiger partial charge >= 0.3 is 11.9 Å². The van der Waals surface area contributed by atoms with Crippen LogP contribution in [0.1, 0.15) is 20.8 Å². The molecule has 0 aliphatic heterocycles. The molecule has 0 spiro atoms. The second kappa shape index (κ2) is 7.04. The highest BCUT2D eigenvalue weighted by atomic mass is 16.5. The van der Waals surface area contributed by atoms with E-state index in [1.54, 1.807) is 6.92 Å². The number of ether oxygens (including phenoxy) is 2. The molecule has 1 atom stereocenters. The molecule has 0 saturated heterocycles. The van der Waals surface area contributed by atoms with Crippen LogP contribution in [0.3, 0.4) is 0 Å². The Morgan fingerprint density at radius 1 is 0.938 bits per heavy atom. The van der Waals surface area contributed by atoms with Gasteiger partial charge in [-0.3, -0.25) is 9.59 Å². The van der Waals surface area contributed by atoms with Crippen LogP contribution >= 0.6 is 0 Å². The van der Waals surface area contributed by atoms with Crippen LogP contribution in [0.4, 0.5) is 0 Å². The van der Waals surface area contributed by atoms with Gasteiger partial charge in [-0.15, -0.1) is 0 Å². The summed E-state index contributed by atoms with van der Waals surface area (Å²) in [5.41, 5.74) is 0. The molecule has 0 saturated carbocycles. The van der Waals surface area contributed by atoms with Crippen LogP contribution in [0.5, 0.6) is 0 Å². The zero-order valence-corrected chi connectivity index (χ0v) is 10.5. The third-order valence-corrected chi connectivity index (χ3v) is 2.24. The van der Waals surface area contributed by atoms with Crippen LogP contribution < -0.4 is 0 Å². The summed E-state index contributed by atoms with van der Waals surface area (Å²) in [6.45, 7) is 5.83. The van der Waals surface area contributed by atoms with Crippen molar-refractivity contribution in [1.29, 1.82) is 0 Å². The monoisotopic (exact) mass is 228 g/mol. The van der Waals surface area contributed by atoms with Crippen molar-refractivity contribution in [2.75, 3.05) is 14.2 Å². The summed E-state index contributed by atoms with van der Waals surface area (Å²) in [7, 11) is 2.52. The summed E-state index contributed by atoms with van der Waals surface area (Å²) in [6, 6.07) is 0. The Bertz CT molecular complexity index is 252. The van der Waals surface area contributed by atoms with Gasteiger partial charge in [0.25, 0.3) is 0 Å². The Morgan fingerprint density at radius 2 is 1.38 bits per heavy atom. The molecule has 4 nitrogen and oxygen atoms in total. The lowest BCUT2D eigenvalue weighted by atomic mass is 9.93. The molecule has 0 aliphatic carbocycles. The minimum atomic E-state index is -0.884. The molecule has 0 heterocycles. The van der Waals surface area contributed by atoms with Gasteiger partial charge < -0.3 is 9.47 Å². The number of hydrogen-bond donors (Lipinski definition) is 0. The molecular formula is C12H20O4. The summed E-state index contributed by atoms with van der Waals surface area (Å²) in [4.78, 5) is 22.9. The van der Waals surface area contributed by atoms with Gasteiger partial charge in [0.15, 0.2) is 5.92 Å². The van der Waals surface area contributed by atoms with Crippen molar-refractivity contribution in [1.82, 2.24) is 0 Å². The van der Waals surface area contributed by atoms with Gasteiger partial charge in [-0.25, -0.2) is 0 Å². The molecule has 0 bridgehead atoms. The van der Waals surface area contributed by atoms with Crippen molar-refractivity contribution in [2.24, 2.45) is 17.8 Å². The molecular weight excluding hydrogens is 208 g/mol. The van der Waals surface area contributed by atoms with E-state index in [4.69, 9.17) is 0 Å². The lowest BCUT2D eigenvalue weighted by Gasteiger charge is -2.16. The van der Waals surface area contributed by atoms with Gasteiger partial charge in [-0.2, -0.15) is 0 Å². The predicted molar refractivity (Wildman–Crippen MR) is 60.7 cm³/mol. The largest absolute Gasteiger partial charge is 0.468 e. The summed E-state index contributed by atoms with van der Waals surface area (Å²) in [6.07, 6.45) is 3.78. The van der Waals surface area contributed by atoms with Crippen molar-refractivity contribution in [2.45, 2.75) is 20.8 Å². The fourth-order valence-electron chi connectivity index (χ4n) is 1.29. The molecule has 0 radical (unpaired) electrons. The highest BCUT2D eigenvalue weighted by Crippen LogP contribution is 2.17. The highest BCUT2D eigenvalue weighted by molar-refractivity contribution is 5.95. The number of rotatable bonds is 5. The van der Waals surface area contributed by atoms with Crippen LogP contribution in [-0.4, -0.2) is 26.2 Å². The van der Waals surface area contributed by atoms with E-state index < -0.39 is 17.9 Å². The SMILES string of the molecule is COC(=O)C(C(=O)OC)C(C)/C=C/C(C)C. The first kappa shape index (κ1) is 14.7. The standard InChI is InChI=1S/C12H20O4/c1-8(2)6-7-9(3)10(11(13)15-4)12(14)16-5/h6-10H,1-5H3/b7-6+. The molecule has 4 heteroatoms. The first-order valence-electron chi connectivity index (χ1n) is 5.28. The average molecular weight is 228 g/mol. The highest BCUT2D eigenvalue weighted by Gasteiger charge is 2.32. The van der Waals surface area contributed by atoms with Crippen molar-refractivity contribution < 1.29 is 19.1 Å². The summed E-state index contributed by atoms with van der Waals surface area (Å²) in [5.74, 6) is -1.87. The van der Waals surface area contributed by atoms with E-state index in [-0.39, 0.29) is 5.92 Å². The number of esters is 2. The van der Waals surface area contributed by atoms with Gasteiger partial charge in [-0.1, -0.05) is 32.9 Å². The Balaban J connectivity index is 4.76. The Kier molecular flexibility index (Phi) is 6.46. The van der Waals surface area contributed by atoms with Crippen LogP contribution in [0.2, 0.25) is 0 Å². The van der Waals surface area contributed by atoms with E-state index in [9.17, 15) is 9.59 Å². The number of hydrogen-bond acceptors (Lipinski definition) is 4. The summed E-state index contributed by atoms with van der Waals surface area (Å²) >= 11 is 0. The minimum absolute atomic E-state index is 0.234. The third-order valence-electron chi connectivity index (χ3n) is 2.24. The van der Waals surface area contributed by atoms with Gasteiger partial charge in [0, 0.05) is 0 Å². The number of carbonyl (C=O) groups is 2. The van der Waals surface area contributed by atoms with Crippen molar-refractivity contribution in [3.63, 3.8) is 0 Å². The van der Waals surface area contributed by atoms with E-state index in [1.165, 1.54) is 14.2 Å². The van der Waals surface area contributed by atoms with Gasteiger partial charge in [0.1, 0.15) is 0 Å². The molecule has 16 heavy (non-hydrogen) atoms. The molecule has 0 aromatic carbocycles. The molecule has 0 N–H and O–H groups in total. The smallest absolute Gasteiger partial charge is 0.320 e. The second-order valence-electron chi connectivity index (χ2n) is 4.01. The Morgan fingerprint density at radius 3 is 1.69 bits per heavy atom. The van der Waals surface area contributed by atoms with Crippen molar-refractivity contribution in [3.8, 4) is 0 Å². The first-order chi connectivity index (χ1) is 7.43. The molecule has 0 aliphatic rings. The molecule has 0 fully saturated rings. The normalized spacial score (nSPS) is 13.2. The lowest BCUT2D eigenvalue weighted by Crippen LogP contribution is -2.31. The zero-order chi connectivity index (χ0) is 12.7. The maximum absolute atomic E-state index is 11.4. The molecule has 0 aromatic rings. The van der Waals surface area contributed by atoms with E-state index in [1.807, 2.05) is 26.0 Å². The number of allylic oxidation sites excluding steroid dienone is 2. The van der Waals surface area contributed by atoms with Crippen molar-refractivity contribution in [3.05, 3.63) is 12.2 Å². The van der Waals surface area contributed by atoms with E-state index >= 15 is 0 Å². The maximum atomic E-state index is 11.4. The van der Waals surface area contributed by atoms with Crippen LogP contribution in [-0.2, 0) is 19.1 Å².